The number of carbonyl (C=O) groups excluding carboxylic acids is 3. The molecule has 1 N–H and O–H groups in total. The topological polar surface area (TPSA) is 104 Å². The second-order valence-corrected chi connectivity index (χ2v) is 12.3. The quantitative estimate of drug-likeness (QED) is 0.429. The van der Waals surface area contributed by atoms with E-state index in [0.717, 1.165) is 42.4 Å². The van der Waals surface area contributed by atoms with Crippen LogP contribution in [0.1, 0.15) is 52.7 Å². The van der Waals surface area contributed by atoms with Crippen molar-refractivity contribution < 1.29 is 22.8 Å². The van der Waals surface area contributed by atoms with Gasteiger partial charge in [-0.05, 0) is 48.6 Å². The molecule has 1 aliphatic heterocycles. The number of carbonyl (C=O) groups is 3. The highest BCUT2D eigenvalue weighted by Crippen LogP contribution is 2.30. The van der Waals surface area contributed by atoms with E-state index in [9.17, 15) is 22.8 Å². The van der Waals surface area contributed by atoms with Crippen LogP contribution in [0, 0.1) is 6.92 Å². The first-order valence-electron chi connectivity index (χ1n) is 13.6. The van der Waals surface area contributed by atoms with Crippen LogP contribution in [0.4, 0.5) is 0 Å². The molecule has 208 valence electrons. The van der Waals surface area contributed by atoms with Crippen molar-refractivity contribution in [1.82, 2.24) is 14.5 Å². The van der Waals surface area contributed by atoms with Crippen LogP contribution in [0.2, 0.25) is 0 Å². The fraction of sp³-hybridized carbons (Fsp3) is 0.323. The van der Waals surface area contributed by atoms with Gasteiger partial charge in [0.1, 0.15) is 17.5 Å². The predicted molar refractivity (Wildman–Crippen MR) is 151 cm³/mol. The van der Waals surface area contributed by atoms with Crippen molar-refractivity contribution in [3.63, 3.8) is 0 Å². The number of amides is 3. The molecule has 5 rings (SSSR count). The number of nitrogens with one attached hydrogen (secondary N) is 1. The molecule has 40 heavy (non-hydrogen) atoms. The molecule has 3 amide bonds. The summed E-state index contributed by atoms with van der Waals surface area (Å²) in [4.78, 5) is 42.3. The van der Waals surface area contributed by atoms with Gasteiger partial charge < -0.3 is 10.2 Å². The van der Waals surface area contributed by atoms with Crippen LogP contribution in [0.25, 0.3) is 0 Å². The van der Waals surface area contributed by atoms with Crippen molar-refractivity contribution in [3.05, 3.63) is 101 Å². The minimum atomic E-state index is -4.19. The van der Waals surface area contributed by atoms with Crippen molar-refractivity contribution in [2.75, 3.05) is 6.54 Å². The maximum atomic E-state index is 14.1. The summed E-state index contributed by atoms with van der Waals surface area (Å²) >= 11 is 0. The number of sulfonamides is 1. The monoisotopic (exact) mass is 559 g/mol. The van der Waals surface area contributed by atoms with Gasteiger partial charge in [0, 0.05) is 19.0 Å². The summed E-state index contributed by atoms with van der Waals surface area (Å²) < 4.78 is 27.1. The Hall–Kier alpha value is -3.98. The molecule has 3 aromatic rings. The molecule has 0 aromatic heterocycles. The van der Waals surface area contributed by atoms with Gasteiger partial charge in [-0.25, -0.2) is 12.7 Å². The Morgan fingerprint density at radius 3 is 2.30 bits per heavy atom. The van der Waals surface area contributed by atoms with Crippen LogP contribution in [-0.2, 0) is 32.6 Å². The van der Waals surface area contributed by atoms with Gasteiger partial charge in [0.05, 0.1) is 5.56 Å². The zero-order valence-corrected chi connectivity index (χ0v) is 23.3. The van der Waals surface area contributed by atoms with Gasteiger partial charge in [0.2, 0.25) is 11.8 Å². The zero-order valence-electron chi connectivity index (χ0n) is 22.5. The Balaban J connectivity index is 1.50. The molecular formula is C31H33N3O5S. The fourth-order valence-corrected chi connectivity index (χ4v) is 7.01. The molecule has 1 atom stereocenters. The van der Waals surface area contributed by atoms with E-state index in [2.05, 4.69) is 5.32 Å². The van der Waals surface area contributed by atoms with Crippen LogP contribution in [0.15, 0.2) is 83.8 Å². The van der Waals surface area contributed by atoms with Crippen molar-refractivity contribution in [2.24, 2.45) is 0 Å². The molecular weight excluding hydrogens is 526 g/mol. The second-order valence-electron chi connectivity index (χ2n) is 10.5. The smallest absolute Gasteiger partial charge is 0.269 e. The molecule has 0 radical (unpaired) electrons. The summed E-state index contributed by atoms with van der Waals surface area (Å²) in [5.74, 6) is -1.64. The number of hydrogen-bond acceptors (Lipinski definition) is 5. The van der Waals surface area contributed by atoms with E-state index in [0.29, 0.717) is 4.31 Å². The third-order valence-corrected chi connectivity index (χ3v) is 9.55. The Kier molecular flexibility index (Phi) is 8.02. The summed E-state index contributed by atoms with van der Waals surface area (Å²) in [5, 5.41) is 3.14. The Bertz CT molecular complexity index is 1520. The van der Waals surface area contributed by atoms with Crippen LogP contribution < -0.4 is 5.32 Å². The van der Waals surface area contributed by atoms with Crippen molar-refractivity contribution >= 4 is 27.7 Å². The molecule has 9 heteroatoms. The van der Waals surface area contributed by atoms with Crippen LogP contribution in [0.3, 0.4) is 0 Å². The largest absolute Gasteiger partial charge is 0.352 e. The van der Waals surface area contributed by atoms with E-state index >= 15 is 0 Å². The molecule has 2 aliphatic rings. The average molecular weight is 560 g/mol. The normalized spacial score (nSPS) is 16.9. The number of fused-ring (bicyclic) bond motifs is 1. The summed E-state index contributed by atoms with van der Waals surface area (Å²) in [5.41, 5.74) is 2.68. The van der Waals surface area contributed by atoms with Crippen LogP contribution in [-0.4, -0.2) is 54.0 Å². The fourth-order valence-electron chi connectivity index (χ4n) is 5.49. The minimum absolute atomic E-state index is 0.0382. The first-order valence-corrected chi connectivity index (χ1v) is 15.0. The number of aryl methyl sites for hydroxylation is 1. The summed E-state index contributed by atoms with van der Waals surface area (Å²) in [7, 11) is -4.19. The van der Waals surface area contributed by atoms with E-state index in [1.54, 1.807) is 12.1 Å². The molecule has 3 aromatic carbocycles. The summed E-state index contributed by atoms with van der Waals surface area (Å²) in [6, 6.07) is 22.1. The first kappa shape index (κ1) is 27.6. The molecule has 1 saturated carbocycles. The highest BCUT2D eigenvalue weighted by Gasteiger charge is 2.43. The third kappa shape index (κ3) is 5.65. The Morgan fingerprint density at radius 1 is 0.950 bits per heavy atom. The number of nitrogens with zero attached hydrogens (tertiary/aromatic N) is 2. The van der Waals surface area contributed by atoms with Crippen LogP contribution >= 0.6 is 0 Å². The van der Waals surface area contributed by atoms with Gasteiger partial charge in [-0.3, -0.25) is 14.4 Å². The molecule has 1 aliphatic carbocycles. The van der Waals surface area contributed by atoms with Gasteiger partial charge in [0.15, 0.2) is 0 Å². The molecule has 0 unspecified atom stereocenters. The zero-order chi connectivity index (χ0) is 28.3. The maximum absolute atomic E-state index is 14.1. The SMILES string of the molecule is Cc1ccccc1CN(C(=O)CN1C(=O)c2ccccc2S1(=O)=O)[C@H](Cc1ccccc1)C(=O)NC1CCCC1. The molecule has 0 bridgehead atoms. The number of hydrogen-bond donors (Lipinski definition) is 1. The lowest BCUT2D eigenvalue weighted by molar-refractivity contribution is -0.141. The van der Waals surface area contributed by atoms with Gasteiger partial charge in [-0.2, -0.15) is 0 Å². The summed E-state index contributed by atoms with van der Waals surface area (Å²) in [6.45, 7) is 1.33. The highest BCUT2D eigenvalue weighted by molar-refractivity contribution is 7.90. The number of benzene rings is 3. The van der Waals surface area contributed by atoms with Gasteiger partial charge >= 0.3 is 0 Å². The second kappa shape index (κ2) is 11.6. The molecule has 0 spiro atoms. The first-order chi connectivity index (χ1) is 19.3. The Morgan fingerprint density at radius 2 is 1.60 bits per heavy atom. The third-order valence-electron chi connectivity index (χ3n) is 7.77. The molecule has 1 heterocycles. The predicted octanol–water partition coefficient (Wildman–Crippen LogP) is 3.84. The molecule has 8 nitrogen and oxygen atoms in total. The van der Waals surface area contributed by atoms with E-state index < -0.39 is 34.4 Å². The summed E-state index contributed by atoms with van der Waals surface area (Å²) in [6.07, 6.45) is 4.09. The Labute approximate surface area is 235 Å². The minimum Gasteiger partial charge on any atom is -0.352 e. The standard InChI is InChI=1S/C31H33N3O5S/c1-22-11-5-6-14-24(22)20-33(29(35)21-34-31(37)26-17-9-10-18-28(26)40(34,38)39)27(19-23-12-3-2-4-13-23)30(36)32-25-15-7-8-16-25/h2-6,9-14,17-18,25,27H,7-8,15-16,19-21H2,1H3,(H,32,36)/t27-/m1/s1. The lowest BCUT2D eigenvalue weighted by Crippen LogP contribution is -2.54. The van der Waals surface area contributed by atoms with Crippen molar-refractivity contribution in [1.29, 1.82) is 0 Å². The van der Waals surface area contributed by atoms with Gasteiger partial charge in [-0.15, -0.1) is 0 Å². The van der Waals surface area contributed by atoms with Gasteiger partial charge in [0.25, 0.3) is 15.9 Å². The van der Waals surface area contributed by atoms with Crippen molar-refractivity contribution in [3.8, 4) is 0 Å². The van der Waals surface area contributed by atoms with E-state index in [-0.39, 0.29) is 35.4 Å². The average Bonchev–Trinajstić information content (AvgIpc) is 3.53. The van der Waals surface area contributed by atoms with E-state index in [1.165, 1.54) is 17.0 Å². The van der Waals surface area contributed by atoms with Gasteiger partial charge in [-0.1, -0.05) is 79.6 Å². The van der Waals surface area contributed by atoms with E-state index in [4.69, 9.17) is 0 Å². The lowest BCUT2D eigenvalue weighted by Gasteiger charge is -2.33. The lowest BCUT2D eigenvalue weighted by atomic mass is 10.0. The molecule has 0 saturated heterocycles. The maximum Gasteiger partial charge on any atom is 0.269 e. The highest BCUT2D eigenvalue weighted by atomic mass is 32.2. The van der Waals surface area contributed by atoms with E-state index in [1.807, 2.05) is 61.5 Å². The number of rotatable bonds is 9. The van der Waals surface area contributed by atoms with Crippen molar-refractivity contribution in [2.45, 2.75) is 62.6 Å². The van der Waals surface area contributed by atoms with Crippen LogP contribution in [0.5, 0.6) is 0 Å². The molecule has 1 fully saturated rings.